The Morgan fingerprint density at radius 1 is 1.28 bits per heavy atom. The van der Waals surface area contributed by atoms with Crippen molar-refractivity contribution in [2.24, 2.45) is 0 Å². The molecule has 2 aromatic rings. The van der Waals surface area contributed by atoms with Gasteiger partial charge < -0.3 is 25.6 Å². The summed E-state index contributed by atoms with van der Waals surface area (Å²) in [6.45, 7) is 0.875. The van der Waals surface area contributed by atoms with Gasteiger partial charge in [-0.2, -0.15) is 0 Å². The van der Waals surface area contributed by atoms with E-state index in [1.807, 2.05) is 0 Å². The van der Waals surface area contributed by atoms with E-state index >= 15 is 0 Å². The molecule has 1 aliphatic heterocycles. The van der Waals surface area contributed by atoms with Crippen molar-refractivity contribution in [2.75, 3.05) is 18.9 Å². The van der Waals surface area contributed by atoms with Crippen LogP contribution < -0.4 is 15.8 Å². The molecule has 0 unspecified atom stereocenters. The number of carbonyl (C=O) groups is 2. The van der Waals surface area contributed by atoms with Gasteiger partial charge in [0.2, 0.25) is 0 Å². The lowest BCUT2D eigenvalue weighted by molar-refractivity contribution is -0.00282. The van der Waals surface area contributed by atoms with Crippen molar-refractivity contribution in [2.45, 2.75) is 18.6 Å². The first-order valence-corrected chi connectivity index (χ1v) is 8.64. The van der Waals surface area contributed by atoms with Crippen LogP contribution in [-0.4, -0.2) is 42.3 Å². The number of benzene rings is 1. The molecule has 0 aliphatic carbocycles. The highest BCUT2D eigenvalue weighted by molar-refractivity contribution is 7.12. The van der Waals surface area contributed by atoms with Gasteiger partial charge in [0.25, 0.3) is 5.91 Å². The number of hydrogen-bond acceptors (Lipinski definition) is 6. The molecule has 1 aliphatic rings. The highest BCUT2D eigenvalue weighted by Crippen LogP contribution is 2.22. The molecular weight excluding hydrogens is 344 g/mol. The first-order valence-electron chi connectivity index (χ1n) is 7.76. The SMILES string of the molecule is Nc1ccsc1C(=O)N[C@@H]1COCC[C@H]1Oc1ccc(C(=O)O)cc1. The zero-order valence-corrected chi connectivity index (χ0v) is 14.1. The molecule has 1 aromatic carbocycles. The summed E-state index contributed by atoms with van der Waals surface area (Å²) in [5, 5.41) is 13.6. The topological polar surface area (TPSA) is 111 Å². The van der Waals surface area contributed by atoms with E-state index in [0.717, 1.165) is 0 Å². The van der Waals surface area contributed by atoms with Gasteiger partial charge in [-0.3, -0.25) is 4.79 Å². The standard InChI is InChI=1S/C17H18N2O5S/c18-12-6-8-25-15(12)16(20)19-13-9-23-7-5-14(13)24-11-3-1-10(2-4-11)17(21)22/h1-4,6,8,13-14H,5,7,9,18H2,(H,19,20)(H,21,22)/t13-,14-/m1/s1. The second-order valence-corrected chi connectivity index (χ2v) is 6.55. The number of nitrogen functional groups attached to an aromatic ring is 1. The van der Waals surface area contributed by atoms with Crippen molar-refractivity contribution in [3.63, 3.8) is 0 Å². The van der Waals surface area contributed by atoms with Crippen molar-refractivity contribution >= 4 is 28.9 Å². The van der Waals surface area contributed by atoms with E-state index in [-0.39, 0.29) is 23.6 Å². The smallest absolute Gasteiger partial charge is 0.335 e. The number of carboxylic acid groups (broad SMARTS) is 1. The summed E-state index contributed by atoms with van der Waals surface area (Å²) in [7, 11) is 0. The van der Waals surface area contributed by atoms with Crippen molar-refractivity contribution < 1.29 is 24.2 Å². The molecule has 4 N–H and O–H groups in total. The van der Waals surface area contributed by atoms with Crippen LogP contribution in [0.1, 0.15) is 26.5 Å². The molecule has 1 aromatic heterocycles. The molecule has 132 valence electrons. The lowest BCUT2D eigenvalue weighted by Gasteiger charge is -2.32. The first kappa shape index (κ1) is 17.2. The predicted octanol–water partition coefficient (Wildman–Crippen LogP) is 1.99. The van der Waals surface area contributed by atoms with E-state index < -0.39 is 5.97 Å². The van der Waals surface area contributed by atoms with Crippen molar-refractivity contribution in [1.82, 2.24) is 5.32 Å². The molecule has 0 saturated carbocycles. The highest BCUT2D eigenvalue weighted by atomic mass is 32.1. The van der Waals surface area contributed by atoms with Crippen LogP contribution in [0.4, 0.5) is 5.69 Å². The van der Waals surface area contributed by atoms with E-state index in [2.05, 4.69) is 5.32 Å². The summed E-state index contributed by atoms with van der Waals surface area (Å²) in [6, 6.07) is 7.55. The third-order valence-corrected chi connectivity index (χ3v) is 4.83. The van der Waals surface area contributed by atoms with Crippen molar-refractivity contribution in [3.05, 3.63) is 46.2 Å². The summed E-state index contributed by atoms with van der Waals surface area (Å²) in [5.74, 6) is -0.694. The maximum Gasteiger partial charge on any atom is 0.335 e. The Hall–Kier alpha value is -2.58. The molecule has 2 heterocycles. The molecule has 1 amide bonds. The number of carboxylic acids is 1. The fraction of sp³-hybridized carbons (Fsp3) is 0.294. The molecule has 0 radical (unpaired) electrons. The number of hydrogen-bond donors (Lipinski definition) is 3. The van der Waals surface area contributed by atoms with Crippen LogP contribution in [0.2, 0.25) is 0 Å². The molecule has 0 spiro atoms. The predicted molar refractivity (Wildman–Crippen MR) is 93.2 cm³/mol. The Balaban J connectivity index is 1.67. The van der Waals surface area contributed by atoms with Gasteiger partial charge >= 0.3 is 5.97 Å². The average molecular weight is 362 g/mol. The van der Waals surface area contributed by atoms with Gasteiger partial charge in [0.05, 0.1) is 30.5 Å². The second kappa shape index (κ2) is 7.54. The number of thiophene rings is 1. The van der Waals surface area contributed by atoms with E-state index in [1.54, 1.807) is 23.6 Å². The third-order valence-electron chi connectivity index (χ3n) is 3.90. The summed E-state index contributed by atoms with van der Waals surface area (Å²) in [4.78, 5) is 23.7. The molecule has 1 saturated heterocycles. The lowest BCUT2D eigenvalue weighted by atomic mass is 10.1. The van der Waals surface area contributed by atoms with Crippen LogP contribution in [0.5, 0.6) is 5.75 Å². The van der Waals surface area contributed by atoms with Gasteiger partial charge in [-0.15, -0.1) is 11.3 Å². The van der Waals surface area contributed by atoms with Gasteiger partial charge in [0.1, 0.15) is 16.7 Å². The van der Waals surface area contributed by atoms with Crippen LogP contribution in [-0.2, 0) is 4.74 Å². The number of anilines is 1. The minimum Gasteiger partial charge on any atom is -0.488 e. The van der Waals surface area contributed by atoms with Crippen LogP contribution in [0.15, 0.2) is 35.7 Å². The molecule has 8 heteroatoms. The van der Waals surface area contributed by atoms with Crippen LogP contribution in [0, 0.1) is 0 Å². The van der Waals surface area contributed by atoms with E-state index in [9.17, 15) is 9.59 Å². The number of amides is 1. The Morgan fingerprint density at radius 2 is 2.04 bits per heavy atom. The van der Waals surface area contributed by atoms with Crippen molar-refractivity contribution in [1.29, 1.82) is 0 Å². The summed E-state index contributed by atoms with van der Waals surface area (Å²) < 4.78 is 11.4. The van der Waals surface area contributed by atoms with Crippen molar-refractivity contribution in [3.8, 4) is 5.75 Å². The molecule has 3 rings (SSSR count). The maximum absolute atomic E-state index is 12.4. The molecule has 2 atom stereocenters. The van der Waals surface area contributed by atoms with Crippen LogP contribution >= 0.6 is 11.3 Å². The summed E-state index contributed by atoms with van der Waals surface area (Å²) >= 11 is 1.28. The first-order chi connectivity index (χ1) is 12.0. The fourth-order valence-corrected chi connectivity index (χ4v) is 3.30. The normalized spacial score (nSPS) is 20.0. The van der Waals surface area contributed by atoms with E-state index in [1.165, 1.54) is 23.5 Å². The zero-order valence-electron chi connectivity index (χ0n) is 13.3. The number of nitrogens with one attached hydrogen (secondary N) is 1. The number of rotatable bonds is 5. The number of carbonyl (C=O) groups excluding carboxylic acids is 1. The Bertz CT molecular complexity index is 759. The summed E-state index contributed by atoms with van der Waals surface area (Å²) in [6.07, 6.45) is 0.348. The van der Waals surface area contributed by atoms with Gasteiger partial charge in [-0.1, -0.05) is 0 Å². The molecule has 1 fully saturated rings. The van der Waals surface area contributed by atoms with Gasteiger partial charge in [-0.25, -0.2) is 4.79 Å². The molecule has 0 bridgehead atoms. The quantitative estimate of drug-likeness (QED) is 0.750. The van der Waals surface area contributed by atoms with Gasteiger partial charge in [-0.05, 0) is 35.7 Å². The Kier molecular flexibility index (Phi) is 5.20. The van der Waals surface area contributed by atoms with Gasteiger partial charge in [0, 0.05) is 6.42 Å². The third kappa shape index (κ3) is 4.09. The van der Waals surface area contributed by atoms with E-state index in [4.69, 9.17) is 20.3 Å². The second-order valence-electron chi connectivity index (χ2n) is 5.63. The maximum atomic E-state index is 12.4. The zero-order chi connectivity index (χ0) is 17.8. The largest absolute Gasteiger partial charge is 0.488 e. The number of nitrogens with two attached hydrogens (primary N) is 1. The van der Waals surface area contributed by atoms with Crippen LogP contribution in [0.3, 0.4) is 0 Å². The number of ether oxygens (including phenoxy) is 2. The molecule has 25 heavy (non-hydrogen) atoms. The minimum absolute atomic E-state index is 0.192. The lowest BCUT2D eigenvalue weighted by Crippen LogP contribution is -2.51. The van der Waals surface area contributed by atoms with Gasteiger partial charge in [0.15, 0.2) is 0 Å². The van der Waals surface area contributed by atoms with Crippen LogP contribution in [0.25, 0.3) is 0 Å². The molecular formula is C17H18N2O5S. The number of aromatic carboxylic acids is 1. The highest BCUT2D eigenvalue weighted by Gasteiger charge is 2.30. The average Bonchev–Trinajstić information content (AvgIpc) is 3.03. The van der Waals surface area contributed by atoms with E-state index in [0.29, 0.717) is 35.9 Å². The Morgan fingerprint density at radius 3 is 2.68 bits per heavy atom. The fourth-order valence-electron chi connectivity index (χ4n) is 2.58. The summed E-state index contributed by atoms with van der Waals surface area (Å²) in [5.41, 5.74) is 6.42. The Labute approximate surface area is 148 Å². The molecule has 7 nitrogen and oxygen atoms in total. The minimum atomic E-state index is -0.990. The monoisotopic (exact) mass is 362 g/mol.